The molecule has 1 aliphatic heterocycles. The fraction of sp³-hybridized carbons (Fsp3) is 0.316. The number of benzene rings is 2. The molecular weight excluding hydrogens is 336 g/mol. The van der Waals surface area contributed by atoms with Crippen LogP contribution < -0.4 is 5.32 Å². The van der Waals surface area contributed by atoms with Crippen molar-refractivity contribution < 1.29 is 13.2 Å². The molecule has 0 bridgehead atoms. The molecule has 0 aromatic heterocycles. The number of sulfonamides is 1. The zero-order valence-electron chi connectivity index (χ0n) is 14.2. The van der Waals surface area contributed by atoms with Crippen LogP contribution in [0.3, 0.4) is 0 Å². The molecular formula is C19H22N2O3S. The second kappa shape index (κ2) is 7.37. The maximum atomic E-state index is 12.7. The Morgan fingerprint density at radius 3 is 2.44 bits per heavy atom. The summed E-state index contributed by atoms with van der Waals surface area (Å²) in [6.07, 6.45) is 1.77. The smallest absolute Gasteiger partial charge is 0.251 e. The molecule has 0 radical (unpaired) electrons. The van der Waals surface area contributed by atoms with Crippen LogP contribution in [0.15, 0.2) is 53.4 Å². The number of rotatable bonds is 5. The van der Waals surface area contributed by atoms with Gasteiger partial charge in [0.05, 0.1) is 4.90 Å². The molecule has 1 heterocycles. The predicted molar refractivity (Wildman–Crippen MR) is 96.8 cm³/mol. The number of nitrogens with one attached hydrogen (secondary N) is 1. The molecule has 0 atom stereocenters. The largest absolute Gasteiger partial charge is 0.348 e. The van der Waals surface area contributed by atoms with Crippen LogP contribution in [0.2, 0.25) is 0 Å². The molecule has 5 nitrogen and oxygen atoms in total. The van der Waals surface area contributed by atoms with Crippen LogP contribution in [-0.4, -0.2) is 31.7 Å². The van der Waals surface area contributed by atoms with Gasteiger partial charge in [-0.15, -0.1) is 0 Å². The third-order valence-electron chi connectivity index (χ3n) is 4.45. The van der Waals surface area contributed by atoms with E-state index in [1.54, 1.807) is 12.1 Å². The van der Waals surface area contributed by atoms with Crippen molar-refractivity contribution in [1.29, 1.82) is 0 Å². The van der Waals surface area contributed by atoms with Crippen molar-refractivity contribution in [2.75, 3.05) is 13.1 Å². The maximum Gasteiger partial charge on any atom is 0.251 e. The highest BCUT2D eigenvalue weighted by molar-refractivity contribution is 7.89. The first-order valence-electron chi connectivity index (χ1n) is 8.41. The van der Waals surface area contributed by atoms with Crippen molar-refractivity contribution in [2.45, 2.75) is 31.2 Å². The van der Waals surface area contributed by atoms with Crippen molar-refractivity contribution in [3.05, 3.63) is 65.2 Å². The van der Waals surface area contributed by atoms with Gasteiger partial charge in [0, 0.05) is 25.2 Å². The van der Waals surface area contributed by atoms with E-state index in [-0.39, 0.29) is 10.8 Å². The summed E-state index contributed by atoms with van der Waals surface area (Å²) in [5.41, 5.74) is 2.15. The zero-order chi connectivity index (χ0) is 17.9. The van der Waals surface area contributed by atoms with E-state index >= 15 is 0 Å². The molecule has 3 rings (SSSR count). The van der Waals surface area contributed by atoms with Crippen LogP contribution in [-0.2, 0) is 16.6 Å². The van der Waals surface area contributed by atoms with E-state index in [1.807, 2.05) is 37.3 Å². The van der Waals surface area contributed by atoms with Crippen molar-refractivity contribution >= 4 is 15.9 Å². The molecule has 1 N–H and O–H groups in total. The molecule has 0 saturated carbocycles. The number of aryl methyl sites for hydroxylation is 1. The molecule has 6 heteroatoms. The van der Waals surface area contributed by atoms with E-state index in [4.69, 9.17) is 0 Å². The van der Waals surface area contributed by atoms with E-state index in [2.05, 4.69) is 5.32 Å². The average molecular weight is 358 g/mol. The first-order valence-corrected chi connectivity index (χ1v) is 9.85. The number of nitrogens with zero attached hydrogens (tertiary/aromatic N) is 1. The fourth-order valence-corrected chi connectivity index (χ4v) is 4.50. The summed E-state index contributed by atoms with van der Waals surface area (Å²) in [5.74, 6) is -0.264. The maximum absolute atomic E-state index is 12.7. The normalized spacial score (nSPS) is 15.2. The van der Waals surface area contributed by atoms with Gasteiger partial charge in [0.1, 0.15) is 0 Å². The molecule has 132 valence electrons. The lowest BCUT2D eigenvalue weighted by Gasteiger charge is -2.17. The Morgan fingerprint density at radius 1 is 1.08 bits per heavy atom. The van der Waals surface area contributed by atoms with Crippen molar-refractivity contribution in [2.24, 2.45) is 0 Å². The minimum absolute atomic E-state index is 0.185. The second-order valence-corrected chi connectivity index (χ2v) is 8.19. The van der Waals surface area contributed by atoms with Gasteiger partial charge in [-0.05, 0) is 43.0 Å². The average Bonchev–Trinajstić information content (AvgIpc) is 3.16. The summed E-state index contributed by atoms with van der Waals surface area (Å²) >= 11 is 0. The quantitative estimate of drug-likeness (QED) is 0.894. The standard InChI is InChI=1S/C19H22N2O3S/c1-15-9-10-17(25(23,24)21-11-5-6-12-21)13-18(15)19(22)20-14-16-7-3-2-4-8-16/h2-4,7-10,13H,5-6,11-12,14H2,1H3,(H,20,22). The van der Waals surface area contributed by atoms with Crippen LogP contribution in [0.25, 0.3) is 0 Å². The van der Waals surface area contributed by atoms with Crippen LogP contribution in [0.1, 0.15) is 34.3 Å². The van der Waals surface area contributed by atoms with Gasteiger partial charge in [0.2, 0.25) is 10.0 Å². The molecule has 1 amide bonds. The molecule has 1 fully saturated rings. The van der Waals surface area contributed by atoms with E-state index in [9.17, 15) is 13.2 Å². The number of carbonyl (C=O) groups excluding carboxylic acids is 1. The minimum Gasteiger partial charge on any atom is -0.348 e. The van der Waals surface area contributed by atoms with E-state index in [0.717, 1.165) is 24.0 Å². The monoisotopic (exact) mass is 358 g/mol. The molecule has 2 aromatic carbocycles. The van der Waals surface area contributed by atoms with Gasteiger partial charge in [-0.1, -0.05) is 36.4 Å². The number of carbonyl (C=O) groups is 1. The topological polar surface area (TPSA) is 66.5 Å². The lowest BCUT2D eigenvalue weighted by atomic mass is 10.1. The van der Waals surface area contributed by atoms with Gasteiger partial charge in [-0.3, -0.25) is 4.79 Å². The van der Waals surface area contributed by atoms with Crippen molar-refractivity contribution in [3.63, 3.8) is 0 Å². The zero-order valence-corrected chi connectivity index (χ0v) is 15.1. The number of hydrogen-bond acceptors (Lipinski definition) is 3. The predicted octanol–water partition coefficient (Wildman–Crippen LogP) is 2.71. The molecule has 25 heavy (non-hydrogen) atoms. The van der Waals surface area contributed by atoms with E-state index in [1.165, 1.54) is 10.4 Å². The third kappa shape index (κ3) is 3.91. The van der Waals surface area contributed by atoms with E-state index in [0.29, 0.717) is 25.2 Å². The summed E-state index contributed by atoms with van der Waals surface area (Å²) in [5, 5.41) is 2.86. The van der Waals surface area contributed by atoms with Crippen LogP contribution in [0, 0.1) is 6.92 Å². The molecule has 2 aromatic rings. The molecule has 1 saturated heterocycles. The summed E-state index contributed by atoms with van der Waals surface area (Å²) in [4.78, 5) is 12.7. The van der Waals surface area contributed by atoms with Gasteiger partial charge < -0.3 is 5.32 Å². The summed E-state index contributed by atoms with van der Waals surface area (Å²) in [6, 6.07) is 14.4. The number of amides is 1. The Bertz CT molecular complexity index is 857. The van der Waals surface area contributed by atoms with Crippen LogP contribution >= 0.6 is 0 Å². The summed E-state index contributed by atoms with van der Waals surface area (Å²) in [6.45, 7) is 3.31. The van der Waals surface area contributed by atoms with Crippen molar-refractivity contribution in [3.8, 4) is 0 Å². The molecule has 0 unspecified atom stereocenters. The minimum atomic E-state index is -3.53. The number of hydrogen-bond donors (Lipinski definition) is 1. The highest BCUT2D eigenvalue weighted by Crippen LogP contribution is 2.23. The Balaban J connectivity index is 1.80. The Hall–Kier alpha value is -2.18. The molecule has 1 aliphatic rings. The molecule has 0 aliphatic carbocycles. The van der Waals surface area contributed by atoms with Gasteiger partial charge in [-0.2, -0.15) is 4.31 Å². The first kappa shape index (κ1) is 17.6. The van der Waals surface area contributed by atoms with Crippen LogP contribution in [0.5, 0.6) is 0 Å². The summed E-state index contributed by atoms with van der Waals surface area (Å²) in [7, 11) is -3.53. The first-order chi connectivity index (χ1) is 12.0. The van der Waals surface area contributed by atoms with Crippen molar-refractivity contribution in [1.82, 2.24) is 9.62 Å². The second-order valence-electron chi connectivity index (χ2n) is 6.26. The lowest BCUT2D eigenvalue weighted by Crippen LogP contribution is -2.29. The Labute approximate surface area is 148 Å². The van der Waals surface area contributed by atoms with Gasteiger partial charge in [0.25, 0.3) is 5.91 Å². The van der Waals surface area contributed by atoms with Gasteiger partial charge >= 0.3 is 0 Å². The van der Waals surface area contributed by atoms with E-state index < -0.39 is 10.0 Å². The highest BCUT2D eigenvalue weighted by atomic mass is 32.2. The highest BCUT2D eigenvalue weighted by Gasteiger charge is 2.28. The Kier molecular flexibility index (Phi) is 5.20. The SMILES string of the molecule is Cc1ccc(S(=O)(=O)N2CCCC2)cc1C(=O)NCc1ccccc1. The third-order valence-corrected chi connectivity index (χ3v) is 6.35. The fourth-order valence-electron chi connectivity index (χ4n) is 2.96. The summed E-state index contributed by atoms with van der Waals surface area (Å²) < 4.78 is 26.9. The van der Waals surface area contributed by atoms with Gasteiger partial charge in [0.15, 0.2) is 0 Å². The Morgan fingerprint density at radius 2 is 1.76 bits per heavy atom. The van der Waals surface area contributed by atoms with Gasteiger partial charge in [-0.25, -0.2) is 8.42 Å². The molecule has 0 spiro atoms. The van der Waals surface area contributed by atoms with Crippen LogP contribution in [0.4, 0.5) is 0 Å². The lowest BCUT2D eigenvalue weighted by molar-refractivity contribution is 0.0950.